The van der Waals surface area contributed by atoms with Gasteiger partial charge >= 0.3 is 0 Å². The van der Waals surface area contributed by atoms with Gasteiger partial charge in [-0.2, -0.15) is 0 Å². The van der Waals surface area contributed by atoms with Crippen LogP contribution in [0.5, 0.6) is 0 Å². The predicted molar refractivity (Wildman–Crippen MR) is 129 cm³/mol. The number of nitrogens with zero attached hydrogens (tertiary/aromatic N) is 3. The second-order valence-corrected chi connectivity index (χ2v) is 11.9. The highest BCUT2D eigenvalue weighted by Crippen LogP contribution is 2.34. The molecule has 0 bridgehead atoms. The lowest BCUT2D eigenvalue weighted by molar-refractivity contribution is -0.165. The van der Waals surface area contributed by atoms with Gasteiger partial charge in [-0.15, -0.1) is 0 Å². The number of rotatable bonds is 3. The Morgan fingerprint density at radius 1 is 0.424 bits per heavy atom. The standard InChI is InChI=1S/C27H45N3O3/c1-19-4-10-22(11-5-19)25(31)28-16-29(26(32)23-12-6-20(2)7-13-23)18-30(17-28)27(33)24-14-8-21(3)9-15-24/h19-24H,4-18H2,1-3H3. The smallest absolute Gasteiger partial charge is 0.228 e. The third-order valence-electron chi connectivity index (χ3n) is 9.05. The molecule has 0 aromatic heterocycles. The lowest BCUT2D eigenvalue weighted by atomic mass is 9.81. The van der Waals surface area contributed by atoms with Gasteiger partial charge in [0, 0.05) is 17.8 Å². The normalized spacial score (nSPS) is 35.9. The molecule has 3 aliphatic carbocycles. The molecule has 186 valence electrons. The number of hydrogen-bond donors (Lipinski definition) is 0. The summed E-state index contributed by atoms with van der Waals surface area (Å²) in [5, 5.41) is 0. The lowest BCUT2D eigenvalue weighted by Gasteiger charge is -2.46. The zero-order valence-electron chi connectivity index (χ0n) is 21.1. The van der Waals surface area contributed by atoms with Gasteiger partial charge in [0.25, 0.3) is 0 Å². The molecule has 33 heavy (non-hydrogen) atoms. The van der Waals surface area contributed by atoms with E-state index < -0.39 is 0 Å². The largest absolute Gasteiger partial charge is 0.307 e. The summed E-state index contributed by atoms with van der Waals surface area (Å²) in [6.07, 6.45) is 12.1. The van der Waals surface area contributed by atoms with Crippen molar-refractivity contribution in [1.82, 2.24) is 14.7 Å². The highest BCUT2D eigenvalue weighted by molar-refractivity contribution is 5.84. The number of carbonyl (C=O) groups is 3. The third-order valence-corrected chi connectivity index (χ3v) is 9.05. The summed E-state index contributed by atoms with van der Waals surface area (Å²) in [6.45, 7) is 7.83. The molecule has 1 aliphatic heterocycles. The Hall–Kier alpha value is -1.59. The van der Waals surface area contributed by atoms with Gasteiger partial charge in [-0.25, -0.2) is 0 Å². The highest BCUT2D eigenvalue weighted by atomic mass is 16.2. The monoisotopic (exact) mass is 459 g/mol. The van der Waals surface area contributed by atoms with Crippen LogP contribution in [0.25, 0.3) is 0 Å². The minimum absolute atomic E-state index is 0.0410. The Labute approximate surface area is 200 Å². The Balaban J connectivity index is 1.47. The maximum absolute atomic E-state index is 13.5. The second kappa shape index (κ2) is 10.8. The zero-order chi connectivity index (χ0) is 23.5. The van der Waals surface area contributed by atoms with Crippen molar-refractivity contribution < 1.29 is 14.4 Å². The van der Waals surface area contributed by atoms with Crippen molar-refractivity contribution in [3.05, 3.63) is 0 Å². The topological polar surface area (TPSA) is 60.9 Å². The van der Waals surface area contributed by atoms with Crippen molar-refractivity contribution in [1.29, 1.82) is 0 Å². The van der Waals surface area contributed by atoms with Crippen LogP contribution >= 0.6 is 0 Å². The second-order valence-electron chi connectivity index (χ2n) is 11.9. The van der Waals surface area contributed by atoms with E-state index in [0.29, 0.717) is 37.8 Å². The molecule has 0 aromatic carbocycles. The van der Waals surface area contributed by atoms with E-state index in [2.05, 4.69) is 20.8 Å². The molecule has 0 unspecified atom stereocenters. The fourth-order valence-electron chi connectivity index (χ4n) is 6.47. The molecule has 1 saturated heterocycles. The quantitative estimate of drug-likeness (QED) is 0.607. The molecule has 0 N–H and O–H groups in total. The Bertz CT molecular complexity index is 600. The number of carbonyl (C=O) groups excluding carboxylic acids is 3. The maximum Gasteiger partial charge on any atom is 0.228 e. The van der Waals surface area contributed by atoms with Crippen molar-refractivity contribution in [3.8, 4) is 0 Å². The molecule has 6 nitrogen and oxygen atoms in total. The van der Waals surface area contributed by atoms with E-state index in [4.69, 9.17) is 0 Å². The first kappa shape index (κ1) is 24.5. The van der Waals surface area contributed by atoms with Crippen molar-refractivity contribution in [2.45, 2.75) is 97.8 Å². The molecule has 4 rings (SSSR count). The van der Waals surface area contributed by atoms with Crippen molar-refractivity contribution in [2.24, 2.45) is 35.5 Å². The summed E-state index contributed by atoms with van der Waals surface area (Å²) in [7, 11) is 0. The van der Waals surface area contributed by atoms with Gasteiger partial charge in [-0.3, -0.25) is 14.4 Å². The van der Waals surface area contributed by atoms with E-state index in [1.165, 1.54) is 0 Å². The minimum Gasteiger partial charge on any atom is -0.307 e. The van der Waals surface area contributed by atoms with Gasteiger partial charge in [0.15, 0.2) is 0 Å². The molecular formula is C27H45N3O3. The molecule has 0 radical (unpaired) electrons. The molecule has 4 fully saturated rings. The van der Waals surface area contributed by atoms with Gasteiger partial charge in [-0.05, 0) is 94.8 Å². The molecule has 0 spiro atoms. The summed E-state index contributed by atoms with van der Waals surface area (Å²) >= 11 is 0. The van der Waals surface area contributed by atoms with Crippen molar-refractivity contribution >= 4 is 17.7 Å². The van der Waals surface area contributed by atoms with Crippen LogP contribution in [-0.4, -0.2) is 52.4 Å². The molecule has 1 heterocycles. The number of amides is 3. The van der Waals surface area contributed by atoms with Crippen LogP contribution < -0.4 is 0 Å². The minimum atomic E-state index is 0.0410. The highest BCUT2D eigenvalue weighted by Gasteiger charge is 2.39. The van der Waals surface area contributed by atoms with E-state index in [9.17, 15) is 14.4 Å². The van der Waals surface area contributed by atoms with E-state index >= 15 is 0 Å². The van der Waals surface area contributed by atoms with E-state index in [1.807, 2.05) is 14.7 Å². The van der Waals surface area contributed by atoms with Gasteiger partial charge in [0.1, 0.15) is 0 Å². The summed E-state index contributed by atoms with van der Waals surface area (Å²) in [5.41, 5.74) is 0. The van der Waals surface area contributed by atoms with Gasteiger partial charge < -0.3 is 14.7 Å². The van der Waals surface area contributed by atoms with Crippen LogP contribution in [0.1, 0.15) is 97.8 Å². The lowest BCUT2D eigenvalue weighted by Crippen LogP contribution is -2.62. The van der Waals surface area contributed by atoms with Crippen LogP contribution in [0.3, 0.4) is 0 Å². The first-order valence-corrected chi connectivity index (χ1v) is 13.7. The first-order valence-electron chi connectivity index (χ1n) is 13.7. The molecular weight excluding hydrogens is 414 g/mol. The summed E-state index contributed by atoms with van der Waals surface area (Å²) in [6, 6.07) is 0. The predicted octanol–water partition coefficient (Wildman–Crippen LogP) is 4.84. The third kappa shape index (κ3) is 5.92. The van der Waals surface area contributed by atoms with Crippen LogP contribution in [0, 0.1) is 35.5 Å². The molecule has 3 amide bonds. The SMILES string of the molecule is CC1CCC(C(=O)N2CN(C(=O)C3CCC(C)CC3)CN(C(=O)C3CCC(C)CC3)C2)CC1. The summed E-state index contributed by atoms with van der Waals surface area (Å²) < 4.78 is 0. The Morgan fingerprint density at radius 3 is 0.848 bits per heavy atom. The Morgan fingerprint density at radius 2 is 0.636 bits per heavy atom. The van der Waals surface area contributed by atoms with Gasteiger partial charge in [0.2, 0.25) is 17.7 Å². The molecule has 4 aliphatic rings. The van der Waals surface area contributed by atoms with Crippen molar-refractivity contribution in [3.63, 3.8) is 0 Å². The fraction of sp³-hybridized carbons (Fsp3) is 0.889. The average molecular weight is 460 g/mol. The zero-order valence-corrected chi connectivity index (χ0v) is 21.1. The van der Waals surface area contributed by atoms with Gasteiger partial charge in [-0.1, -0.05) is 20.8 Å². The summed E-state index contributed by atoms with van der Waals surface area (Å²) in [4.78, 5) is 45.9. The maximum atomic E-state index is 13.5. The van der Waals surface area contributed by atoms with Crippen molar-refractivity contribution in [2.75, 3.05) is 20.0 Å². The summed E-state index contributed by atoms with van der Waals surface area (Å²) in [5.74, 6) is 2.62. The van der Waals surface area contributed by atoms with E-state index in [-0.39, 0.29) is 35.5 Å². The van der Waals surface area contributed by atoms with E-state index in [0.717, 1.165) is 77.0 Å². The first-order chi connectivity index (χ1) is 15.8. The molecule has 6 heteroatoms. The van der Waals surface area contributed by atoms with E-state index in [1.54, 1.807) is 0 Å². The molecule has 3 saturated carbocycles. The van der Waals surface area contributed by atoms with Crippen LogP contribution in [0.4, 0.5) is 0 Å². The average Bonchev–Trinajstić information content (AvgIpc) is 2.84. The fourth-order valence-corrected chi connectivity index (χ4v) is 6.47. The molecule has 0 atom stereocenters. The van der Waals surface area contributed by atoms with Gasteiger partial charge in [0.05, 0.1) is 20.0 Å². The molecule has 0 aromatic rings. The van der Waals surface area contributed by atoms with Crippen LogP contribution in [-0.2, 0) is 14.4 Å². The number of hydrogen-bond acceptors (Lipinski definition) is 3. The van der Waals surface area contributed by atoms with Crippen LogP contribution in [0.15, 0.2) is 0 Å². The van der Waals surface area contributed by atoms with Crippen LogP contribution in [0.2, 0.25) is 0 Å². The Kier molecular flexibility index (Phi) is 8.01.